The molecule has 4 aliphatic rings. The molecule has 2 heterocycles. The van der Waals surface area contributed by atoms with Gasteiger partial charge in [-0.05, 0) is 49.5 Å². The molecule has 0 unspecified atom stereocenters. The first-order valence-electron chi connectivity index (χ1n) is 10.4. The fourth-order valence-corrected chi connectivity index (χ4v) is 8.11. The molecule has 4 fully saturated rings. The van der Waals surface area contributed by atoms with Gasteiger partial charge >= 0.3 is 0 Å². The van der Waals surface area contributed by atoms with Gasteiger partial charge in [-0.25, -0.2) is 0 Å². The number of rotatable bonds is 5. The van der Waals surface area contributed by atoms with Crippen LogP contribution in [-0.4, -0.2) is 68.3 Å². The Morgan fingerprint density at radius 2 is 1.57 bits per heavy atom. The number of amides is 3. The molecule has 2 bridgehead atoms. The zero-order chi connectivity index (χ0) is 20.0. The van der Waals surface area contributed by atoms with Gasteiger partial charge in [0.05, 0.1) is 11.8 Å². The Morgan fingerprint density at radius 3 is 2.07 bits per heavy atom. The average Bonchev–Trinajstić information content (AvgIpc) is 3.17. The molecule has 2 aliphatic carbocycles. The number of carbonyl (C=O) groups is 3. The van der Waals surface area contributed by atoms with E-state index in [9.17, 15) is 14.4 Å². The zero-order valence-electron chi connectivity index (χ0n) is 16.2. The standard InChI is InChI=1S/C20H28Br2N2O3S/c1-28-9-6-13(18(25)23-7-4-2-3-5-8-23)24-19(26)14-11-10-12(15(14)20(24)27)17(22)16(11)21/h11-17H,2-10H2,1H3/t11-,12-,13-,14-,15-,16+,17+/m1/s1. The second-order valence-corrected chi connectivity index (χ2v) is 11.7. The number of halogens is 2. The van der Waals surface area contributed by atoms with Gasteiger partial charge in [0.25, 0.3) is 0 Å². The number of hydrogen-bond donors (Lipinski definition) is 0. The maximum atomic E-state index is 13.4. The van der Waals surface area contributed by atoms with Crippen molar-refractivity contribution in [2.45, 2.75) is 54.2 Å². The van der Waals surface area contributed by atoms with Crippen LogP contribution in [0.25, 0.3) is 0 Å². The molecule has 2 aliphatic heterocycles. The summed E-state index contributed by atoms with van der Waals surface area (Å²) in [6, 6.07) is -0.627. The first-order chi connectivity index (χ1) is 13.5. The molecule has 2 saturated carbocycles. The van der Waals surface area contributed by atoms with Crippen molar-refractivity contribution in [3.8, 4) is 0 Å². The predicted octanol–water partition coefficient (Wildman–Crippen LogP) is 3.29. The smallest absolute Gasteiger partial charge is 0.245 e. The summed E-state index contributed by atoms with van der Waals surface area (Å²) in [5.41, 5.74) is 0. The molecule has 0 spiro atoms. The quantitative estimate of drug-likeness (QED) is 0.400. The van der Waals surface area contributed by atoms with Gasteiger partial charge in [0.1, 0.15) is 6.04 Å². The highest BCUT2D eigenvalue weighted by Gasteiger charge is 2.67. The van der Waals surface area contributed by atoms with E-state index in [-0.39, 0.29) is 51.0 Å². The number of carbonyl (C=O) groups excluding carboxylic acids is 3. The van der Waals surface area contributed by atoms with Crippen molar-refractivity contribution in [2.75, 3.05) is 25.1 Å². The van der Waals surface area contributed by atoms with E-state index in [1.807, 2.05) is 11.2 Å². The van der Waals surface area contributed by atoms with Crippen LogP contribution in [0.3, 0.4) is 0 Å². The number of imide groups is 1. The summed E-state index contributed by atoms with van der Waals surface area (Å²) in [6.45, 7) is 1.49. The summed E-state index contributed by atoms with van der Waals surface area (Å²) in [4.78, 5) is 43.9. The lowest BCUT2D eigenvalue weighted by Gasteiger charge is -2.31. The number of alkyl halides is 2. The van der Waals surface area contributed by atoms with Gasteiger partial charge in [0.2, 0.25) is 17.7 Å². The number of hydrogen-bond acceptors (Lipinski definition) is 4. The molecule has 0 aromatic carbocycles. The number of fused-ring (bicyclic) bond motifs is 5. The molecule has 28 heavy (non-hydrogen) atoms. The minimum atomic E-state index is -0.627. The third-order valence-corrected chi connectivity index (χ3v) is 11.0. The van der Waals surface area contributed by atoms with Crippen LogP contribution >= 0.6 is 43.6 Å². The number of likely N-dealkylation sites (tertiary alicyclic amines) is 2. The fourth-order valence-electron chi connectivity index (χ4n) is 5.77. The van der Waals surface area contributed by atoms with E-state index in [1.165, 1.54) is 4.90 Å². The molecule has 3 amide bonds. The number of thioether (sulfide) groups is 1. The Kier molecular flexibility index (Phi) is 6.48. The molecule has 0 radical (unpaired) electrons. The fraction of sp³-hybridized carbons (Fsp3) is 0.850. The lowest BCUT2D eigenvalue weighted by molar-refractivity contribution is -0.152. The predicted molar refractivity (Wildman–Crippen MR) is 118 cm³/mol. The molecular formula is C20H28Br2N2O3S. The highest BCUT2D eigenvalue weighted by Crippen LogP contribution is 2.60. The summed E-state index contributed by atoms with van der Waals surface area (Å²) >= 11 is 9.13. The normalized spacial score (nSPS) is 38.7. The van der Waals surface area contributed by atoms with E-state index in [0.717, 1.165) is 50.9 Å². The van der Waals surface area contributed by atoms with Crippen molar-refractivity contribution in [3.63, 3.8) is 0 Å². The minimum Gasteiger partial charge on any atom is -0.341 e. The molecule has 2 saturated heterocycles. The van der Waals surface area contributed by atoms with Crippen molar-refractivity contribution >= 4 is 61.3 Å². The van der Waals surface area contributed by atoms with Crippen LogP contribution < -0.4 is 0 Å². The third-order valence-electron chi connectivity index (χ3n) is 7.13. The van der Waals surface area contributed by atoms with Crippen LogP contribution in [0.5, 0.6) is 0 Å². The van der Waals surface area contributed by atoms with E-state index in [1.54, 1.807) is 11.8 Å². The van der Waals surface area contributed by atoms with Crippen LogP contribution in [0.15, 0.2) is 0 Å². The lowest BCUT2D eigenvalue weighted by atomic mass is 9.81. The van der Waals surface area contributed by atoms with Crippen LogP contribution in [0.4, 0.5) is 0 Å². The van der Waals surface area contributed by atoms with Gasteiger partial charge in [-0.1, -0.05) is 44.7 Å². The van der Waals surface area contributed by atoms with Crippen molar-refractivity contribution in [1.29, 1.82) is 0 Å². The summed E-state index contributed by atoms with van der Waals surface area (Å²) in [5.74, 6) is 0.447. The van der Waals surface area contributed by atoms with Gasteiger partial charge < -0.3 is 4.90 Å². The SMILES string of the molecule is CSCC[C@H](C(=O)N1CCCCCC1)N1C(=O)[C@@H]2[C@H]3C[C@@H]([C@H](Br)[C@H]3Br)[C@H]2C1=O. The zero-order valence-corrected chi connectivity index (χ0v) is 20.2. The Balaban J connectivity index is 1.59. The van der Waals surface area contributed by atoms with Crippen LogP contribution in [0.2, 0.25) is 0 Å². The van der Waals surface area contributed by atoms with E-state index in [4.69, 9.17) is 0 Å². The third kappa shape index (κ3) is 3.39. The highest BCUT2D eigenvalue weighted by atomic mass is 79.9. The summed E-state index contributed by atoms with van der Waals surface area (Å²) < 4.78 is 0. The maximum absolute atomic E-state index is 13.4. The molecule has 156 valence electrons. The van der Waals surface area contributed by atoms with E-state index >= 15 is 0 Å². The molecule has 5 nitrogen and oxygen atoms in total. The molecule has 4 rings (SSSR count). The summed E-state index contributed by atoms with van der Waals surface area (Å²) in [6.07, 6.45) is 7.78. The topological polar surface area (TPSA) is 57.7 Å². The molecule has 8 heteroatoms. The Morgan fingerprint density at radius 1 is 1.04 bits per heavy atom. The first-order valence-corrected chi connectivity index (χ1v) is 13.6. The van der Waals surface area contributed by atoms with E-state index < -0.39 is 6.04 Å². The largest absolute Gasteiger partial charge is 0.341 e. The molecular weight excluding hydrogens is 508 g/mol. The number of nitrogens with zero attached hydrogens (tertiary/aromatic N) is 2. The van der Waals surface area contributed by atoms with E-state index in [0.29, 0.717) is 6.42 Å². The lowest BCUT2D eigenvalue weighted by Crippen LogP contribution is -2.52. The highest BCUT2D eigenvalue weighted by molar-refractivity contribution is 9.12. The minimum absolute atomic E-state index is 0.0178. The molecule has 7 atom stereocenters. The Hall–Kier alpha value is -0.0800. The maximum Gasteiger partial charge on any atom is 0.245 e. The molecule has 0 N–H and O–H groups in total. The Bertz CT molecular complexity index is 623. The average molecular weight is 536 g/mol. The summed E-state index contributed by atoms with van der Waals surface area (Å²) in [5, 5.41) is 0. The van der Waals surface area contributed by atoms with Crippen molar-refractivity contribution < 1.29 is 14.4 Å². The second kappa shape index (κ2) is 8.58. The van der Waals surface area contributed by atoms with Gasteiger partial charge in [-0.3, -0.25) is 19.3 Å². The second-order valence-electron chi connectivity index (χ2n) is 8.59. The first kappa shape index (κ1) is 21.2. The van der Waals surface area contributed by atoms with Gasteiger partial charge in [-0.15, -0.1) is 0 Å². The van der Waals surface area contributed by atoms with Gasteiger partial charge in [0.15, 0.2) is 0 Å². The monoisotopic (exact) mass is 534 g/mol. The van der Waals surface area contributed by atoms with Crippen molar-refractivity contribution in [1.82, 2.24) is 9.80 Å². The van der Waals surface area contributed by atoms with Crippen LogP contribution in [-0.2, 0) is 14.4 Å². The summed E-state index contributed by atoms with van der Waals surface area (Å²) in [7, 11) is 0. The van der Waals surface area contributed by atoms with Gasteiger partial charge in [-0.2, -0.15) is 11.8 Å². The molecule has 0 aromatic heterocycles. The van der Waals surface area contributed by atoms with Crippen molar-refractivity contribution in [2.24, 2.45) is 23.7 Å². The van der Waals surface area contributed by atoms with Gasteiger partial charge in [0, 0.05) is 22.7 Å². The molecule has 0 aromatic rings. The Labute approximate surface area is 188 Å². The van der Waals surface area contributed by atoms with E-state index in [2.05, 4.69) is 31.9 Å². The van der Waals surface area contributed by atoms with Crippen LogP contribution in [0, 0.1) is 23.7 Å². The van der Waals surface area contributed by atoms with Crippen molar-refractivity contribution in [3.05, 3.63) is 0 Å². The van der Waals surface area contributed by atoms with Crippen LogP contribution in [0.1, 0.15) is 38.5 Å².